The molecule has 1 fully saturated rings. The van der Waals surface area contributed by atoms with E-state index in [0.29, 0.717) is 42.4 Å². The number of fused-ring (bicyclic) bond motifs is 1. The maximum Gasteiger partial charge on any atom is 0.304 e. The van der Waals surface area contributed by atoms with Gasteiger partial charge in [0.25, 0.3) is 0 Å². The molecule has 1 aliphatic heterocycles. The molecule has 2 aliphatic rings. The molecule has 2 aromatic carbocycles. The van der Waals surface area contributed by atoms with Crippen LogP contribution in [-0.2, 0) is 16.0 Å². The molecule has 3 atom stereocenters. The molecular weight excluding hydrogens is 473 g/mol. The summed E-state index contributed by atoms with van der Waals surface area (Å²) in [5.74, 6) is 5.40. The Kier molecular flexibility index (Phi) is 7.38. The van der Waals surface area contributed by atoms with Crippen LogP contribution in [-0.4, -0.2) is 35.4 Å². The summed E-state index contributed by atoms with van der Waals surface area (Å²) in [5, 5.41) is 9.17. The van der Waals surface area contributed by atoms with Crippen molar-refractivity contribution in [3.8, 4) is 34.6 Å². The summed E-state index contributed by atoms with van der Waals surface area (Å²) in [6.07, 6.45) is 3.66. The Morgan fingerprint density at radius 2 is 2.00 bits per heavy atom. The molecule has 5 rings (SSSR count). The first-order chi connectivity index (χ1) is 18.0. The van der Waals surface area contributed by atoms with Crippen molar-refractivity contribution in [2.75, 3.05) is 13.2 Å². The molecule has 7 heteroatoms. The van der Waals surface area contributed by atoms with Gasteiger partial charge in [-0.25, -0.2) is 9.37 Å². The number of rotatable bonds is 8. The Balaban J connectivity index is 1.32. The average Bonchev–Trinajstić information content (AvgIpc) is 3.55. The zero-order valence-corrected chi connectivity index (χ0v) is 20.6. The van der Waals surface area contributed by atoms with E-state index in [-0.39, 0.29) is 30.4 Å². The Morgan fingerprint density at radius 3 is 2.68 bits per heavy atom. The highest BCUT2D eigenvalue weighted by atomic mass is 19.1. The largest absolute Gasteiger partial charge is 0.486 e. The zero-order chi connectivity index (χ0) is 25.8. The molecule has 0 radical (unpaired) electrons. The number of benzene rings is 2. The minimum Gasteiger partial charge on any atom is -0.486 e. The number of aromatic nitrogens is 1. The van der Waals surface area contributed by atoms with Crippen molar-refractivity contribution in [1.29, 1.82) is 0 Å². The minimum atomic E-state index is -0.889. The normalized spacial score (nSPS) is 19.0. The number of carbonyl (C=O) groups is 1. The van der Waals surface area contributed by atoms with Crippen LogP contribution in [0.5, 0.6) is 11.6 Å². The fourth-order valence-corrected chi connectivity index (χ4v) is 4.99. The number of pyridine rings is 1. The topological polar surface area (TPSA) is 77.9 Å². The van der Waals surface area contributed by atoms with Gasteiger partial charge in [-0.15, -0.1) is 5.92 Å². The maximum atomic E-state index is 15.0. The van der Waals surface area contributed by atoms with Crippen LogP contribution in [0.1, 0.15) is 54.9 Å². The number of carboxylic acids is 1. The first kappa shape index (κ1) is 24.8. The molecule has 3 aromatic rings. The predicted octanol–water partition coefficient (Wildman–Crippen LogP) is 5.70. The van der Waals surface area contributed by atoms with Crippen LogP contribution in [0.15, 0.2) is 54.7 Å². The van der Waals surface area contributed by atoms with Crippen molar-refractivity contribution in [1.82, 2.24) is 4.98 Å². The SMILES string of the molecule is CC#CC(CC(=O)O)c1ccc(O[C@@H]2CCc3c2ccc(F)c3-c2ccc(OC3CCOC3)nc2)cc1. The molecule has 2 heterocycles. The van der Waals surface area contributed by atoms with Crippen LogP contribution < -0.4 is 9.47 Å². The second-order valence-electron chi connectivity index (χ2n) is 9.24. The third kappa shape index (κ3) is 5.60. The van der Waals surface area contributed by atoms with Crippen LogP contribution >= 0.6 is 0 Å². The molecule has 2 unspecified atom stereocenters. The number of hydrogen-bond donors (Lipinski definition) is 1. The predicted molar refractivity (Wildman–Crippen MR) is 136 cm³/mol. The van der Waals surface area contributed by atoms with Crippen LogP contribution in [0.2, 0.25) is 0 Å². The molecule has 1 saturated heterocycles. The highest BCUT2D eigenvalue weighted by Gasteiger charge is 2.29. The van der Waals surface area contributed by atoms with Gasteiger partial charge in [-0.3, -0.25) is 4.79 Å². The number of hydrogen-bond acceptors (Lipinski definition) is 5. The molecule has 190 valence electrons. The highest BCUT2D eigenvalue weighted by molar-refractivity contribution is 5.70. The molecular formula is C30H28FNO5. The Labute approximate surface area is 215 Å². The van der Waals surface area contributed by atoms with Crippen LogP contribution in [0.25, 0.3) is 11.1 Å². The number of carboxylic acid groups (broad SMARTS) is 1. The second kappa shape index (κ2) is 11.0. The van der Waals surface area contributed by atoms with Crippen molar-refractivity contribution < 1.29 is 28.5 Å². The second-order valence-corrected chi connectivity index (χ2v) is 9.24. The first-order valence-corrected chi connectivity index (χ1v) is 12.4. The van der Waals surface area contributed by atoms with E-state index in [1.54, 1.807) is 25.3 Å². The summed E-state index contributed by atoms with van der Waals surface area (Å²) in [6.45, 7) is 2.95. The molecule has 1 aromatic heterocycles. The Bertz CT molecular complexity index is 1320. The number of nitrogens with zero attached hydrogens (tertiary/aromatic N) is 1. The monoisotopic (exact) mass is 501 g/mol. The smallest absolute Gasteiger partial charge is 0.304 e. The lowest BCUT2D eigenvalue weighted by atomic mass is 9.96. The van der Waals surface area contributed by atoms with E-state index in [9.17, 15) is 9.90 Å². The van der Waals surface area contributed by atoms with Crippen molar-refractivity contribution in [3.05, 3.63) is 77.2 Å². The van der Waals surface area contributed by atoms with E-state index in [1.165, 1.54) is 6.07 Å². The quantitative estimate of drug-likeness (QED) is 0.399. The summed E-state index contributed by atoms with van der Waals surface area (Å²) in [4.78, 5) is 15.6. The molecule has 6 nitrogen and oxygen atoms in total. The van der Waals surface area contributed by atoms with E-state index in [1.807, 2.05) is 30.3 Å². The standard InChI is InChI=1S/C30H28FNO5/c1-2-3-20(16-29(33)34)19-4-7-22(8-5-19)36-27-12-10-25-24(27)9-11-26(31)30(25)21-6-13-28(32-17-21)37-23-14-15-35-18-23/h4-9,11,13,17,20,23,27H,10,12,14-16,18H2,1H3,(H,33,34)/t20?,23?,27-/m1/s1. The number of ether oxygens (including phenoxy) is 3. The van der Waals surface area contributed by atoms with Crippen molar-refractivity contribution in [3.63, 3.8) is 0 Å². The van der Waals surface area contributed by atoms with Gasteiger partial charge in [-0.2, -0.15) is 0 Å². The van der Waals surface area contributed by atoms with Crippen molar-refractivity contribution >= 4 is 5.97 Å². The van der Waals surface area contributed by atoms with E-state index >= 15 is 4.39 Å². The van der Waals surface area contributed by atoms with Gasteiger partial charge in [0.05, 0.1) is 25.6 Å². The van der Waals surface area contributed by atoms with Crippen molar-refractivity contribution in [2.24, 2.45) is 0 Å². The molecule has 1 aliphatic carbocycles. The molecule has 0 bridgehead atoms. The number of aliphatic carboxylic acids is 1. The fourth-order valence-electron chi connectivity index (χ4n) is 4.99. The average molecular weight is 502 g/mol. The van der Waals surface area contributed by atoms with E-state index < -0.39 is 5.97 Å². The van der Waals surface area contributed by atoms with Crippen molar-refractivity contribution in [2.45, 2.75) is 50.7 Å². The maximum absolute atomic E-state index is 15.0. The summed E-state index contributed by atoms with van der Waals surface area (Å²) in [5.41, 5.74) is 3.99. The zero-order valence-electron chi connectivity index (χ0n) is 20.6. The molecule has 0 saturated carbocycles. The van der Waals surface area contributed by atoms with Gasteiger partial charge in [-0.1, -0.05) is 24.1 Å². The Morgan fingerprint density at radius 1 is 1.16 bits per heavy atom. The minimum absolute atomic E-state index is 0.00524. The van der Waals surface area contributed by atoms with Gasteiger partial charge in [0.2, 0.25) is 5.88 Å². The summed E-state index contributed by atoms with van der Waals surface area (Å²) in [7, 11) is 0. The van der Waals surface area contributed by atoms with Crippen LogP contribution in [0, 0.1) is 17.7 Å². The lowest BCUT2D eigenvalue weighted by Gasteiger charge is -2.17. The summed E-state index contributed by atoms with van der Waals surface area (Å²) in [6, 6.07) is 14.3. The Hall–Kier alpha value is -3.89. The lowest BCUT2D eigenvalue weighted by molar-refractivity contribution is -0.137. The molecule has 37 heavy (non-hydrogen) atoms. The van der Waals surface area contributed by atoms with Crippen LogP contribution in [0.3, 0.4) is 0 Å². The van der Waals surface area contributed by atoms with Gasteiger partial charge in [0.15, 0.2) is 0 Å². The van der Waals surface area contributed by atoms with E-state index in [2.05, 4.69) is 16.8 Å². The third-order valence-electron chi connectivity index (χ3n) is 6.76. The molecule has 0 amide bonds. The highest BCUT2D eigenvalue weighted by Crippen LogP contribution is 2.41. The summed E-state index contributed by atoms with van der Waals surface area (Å²) < 4.78 is 32.5. The van der Waals surface area contributed by atoms with E-state index in [4.69, 9.17) is 14.2 Å². The van der Waals surface area contributed by atoms with Crippen LogP contribution in [0.4, 0.5) is 4.39 Å². The third-order valence-corrected chi connectivity index (χ3v) is 6.76. The summed E-state index contributed by atoms with van der Waals surface area (Å²) >= 11 is 0. The molecule has 1 N–H and O–H groups in total. The van der Waals surface area contributed by atoms with Gasteiger partial charge in [-0.05, 0) is 60.7 Å². The van der Waals surface area contributed by atoms with Gasteiger partial charge < -0.3 is 19.3 Å². The number of halogens is 1. The van der Waals surface area contributed by atoms with Gasteiger partial charge in [0, 0.05) is 29.8 Å². The molecule has 0 spiro atoms. The fraction of sp³-hybridized carbons (Fsp3) is 0.333. The lowest BCUT2D eigenvalue weighted by Crippen LogP contribution is -2.16. The van der Waals surface area contributed by atoms with Gasteiger partial charge in [0.1, 0.15) is 23.8 Å². The first-order valence-electron chi connectivity index (χ1n) is 12.4. The van der Waals surface area contributed by atoms with Gasteiger partial charge >= 0.3 is 5.97 Å². The van der Waals surface area contributed by atoms with E-state index in [0.717, 1.165) is 29.5 Å².